The number of halogens is 2. The molecule has 0 radical (unpaired) electrons. The topological polar surface area (TPSA) is 74.2 Å². The van der Waals surface area contributed by atoms with Gasteiger partial charge in [0.2, 0.25) is 0 Å². The van der Waals surface area contributed by atoms with Gasteiger partial charge in [-0.05, 0) is 51.2 Å². The fourth-order valence-electron chi connectivity index (χ4n) is 3.53. The summed E-state index contributed by atoms with van der Waals surface area (Å²) in [7, 11) is 0. The van der Waals surface area contributed by atoms with Crippen LogP contribution in [0.15, 0.2) is 60.6 Å². The van der Waals surface area contributed by atoms with E-state index in [1.807, 2.05) is 48.6 Å². The van der Waals surface area contributed by atoms with Crippen molar-refractivity contribution in [2.24, 2.45) is 5.92 Å². The predicted molar refractivity (Wildman–Crippen MR) is 110 cm³/mol. The minimum Gasteiger partial charge on any atom is -0.421 e. The van der Waals surface area contributed by atoms with Crippen molar-refractivity contribution in [3.8, 4) is 6.07 Å². The first-order valence-corrected chi connectivity index (χ1v) is 9.88. The smallest absolute Gasteiger partial charge is 0.354 e. The Labute approximate surface area is 172 Å². The number of nitriles is 1. The zero-order chi connectivity index (χ0) is 19.1. The largest absolute Gasteiger partial charge is 0.421 e. The Morgan fingerprint density at radius 2 is 2.00 bits per heavy atom. The summed E-state index contributed by atoms with van der Waals surface area (Å²) < 4.78 is 6.78. The number of benzene rings is 2. The van der Waals surface area contributed by atoms with E-state index in [-0.39, 0.29) is 11.5 Å². The van der Waals surface area contributed by atoms with Gasteiger partial charge in [-0.15, -0.1) is 0 Å². The molecule has 0 bridgehead atoms. The Kier molecular flexibility index (Phi) is 4.77. The second kappa shape index (κ2) is 7.08. The van der Waals surface area contributed by atoms with E-state index in [2.05, 4.69) is 31.9 Å². The molecule has 1 aliphatic rings. The molecule has 0 amide bonds. The molecule has 0 unspecified atom stereocenters. The monoisotopic (exact) mass is 485 g/mol. The molecule has 1 N–H and O–H groups in total. The van der Waals surface area contributed by atoms with Gasteiger partial charge in [0.1, 0.15) is 11.6 Å². The van der Waals surface area contributed by atoms with Crippen molar-refractivity contribution in [1.82, 2.24) is 0 Å². The van der Waals surface area contributed by atoms with Gasteiger partial charge in [-0.25, -0.2) is 4.79 Å². The summed E-state index contributed by atoms with van der Waals surface area (Å²) in [6, 6.07) is 13.2. The summed E-state index contributed by atoms with van der Waals surface area (Å²) in [5, 5.41) is 21.1. The van der Waals surface area contributed by atoms with Crippen LogP contribution in [-0.4, -0.2) is 5.11 Å². The van der Waals surface area contributed by atoms with Gasteiger partial charge in [-0.1, -0.05) is 52.3 Å². The second-order valence-corrected chi connectivity index (χ2v) is 8.19. The van der Waals surface area contributed by atoms with Gasteiger partial charge >= 0.3 is 5.63 Å². The average molecular weight is 487 g/mol. The van der Waals surface area contributed by atoms with E-state index in [1.165, 1.54) is 0 Å². The molecule has 4 nitrogen and oxygen atoms in total. The molecule has 2 atom stereocenters. The van der Waals surface area contributed by atoms with E-state index in [0.29, 0.717) is 27.4 Å². The highest BCUT2D eigenvalue weighted by molar-refractivity contribution is 9.11. The molecule has 0 saturated carbocycles. The molecule has 1 heterocycles. The molecule has 4 rings (SSSR count). The van der Waals surface area contributed by atoms with E-state index in [0.717, 1.165) is 15.6 Å². The molecule has 0 spiro atoms. The van der Waals surface area contributed by atoms with Crippen molar-refractivity contribution in [3.05, 3.63) is 84.1 Å². The lowest BCUT2D eigenvalue weighted by molar-refractivity contribution is 0.130. The van der Waals surface area contributed by atoms with Crippen LogP contribution in [0, 0.1) is 17.2 Å². The van der Waals surface area contributed by atoms with Gasteiger partial charge in [0.05, 0.1) is 10.6 Å². The fraction of sp³-hybridized carbons (Fsp3) is 0.143. The quantitative estimate of drug-likeness (QED) is 0.511. The first-order chi connectivity index (χ1) is 13.0. The number of aliphatic hydroxyl groups is 1. The van der Waals surface area contributed by atoms with Crippen molar-refractivity contribution in [2.45, 2.75) is 12.5 Å². The minimum absolute atomic E-state index is 0.0213. The lowest BCUT2D eigenvalue weighted by Gasteiger charge is -2.26. The van der Waals surface area contributed by atoms with Crippen LogP contribution in [0.4, 0.5) is 0 Å². The lowest BCUT2D eigenvalue weighted by Crippen LogP contribution is -2.19. The van der Waals surface area contributed by atoms with Crippen molar-refractivity contribution in [1.29, 1.82) is 5.26 Å². The third-order valence-corrected chi connectivity index (χ3v) is 5.88. The van der Waals surface area contributed by atoms with E-state index in [4.69, 9.17) is 4.42 Å². The minimum atomic E-state index is -0.712. The number of rotatable bonds is 2. The molecular weight excluding hydrogens is 474 g/mol. The molecule has 6 heteroatoms. The van der Waals surface area contributed by atoms with E-state index < -0.39 is 11.7 Å². The normalized spacial score (nSPS) is 18.3. The molecule has 134 valence electrons. The third-order valence-electron chi connectivity index (χ3n) is 4.83. The van der Waals surface area contributed by atoms with Crippen LogP contribution in [0.25, 0.3) is 17.0 Å². The average Bonchev–Trinajstić information content (AvgIpc) is 2.65. The Balaban J connectivity index is 1.88. The molecule has 0 saturated heterocycles. The number of nitrogens with zero attached hydrogens (tertiary/aromatic N) is 1. The van der Waals surface area contributed by atoms with Gasteiger partial charge in [0.25, 0.3) is 0 Å². The Bertz CT molecular complexity index is 1190. The third kappa shape index (κ3) is 3.16. The zero-order valence-corrected chi connectivity index (χ0v) is 17.1. The van der Waals surface area contributed by atoms with Crippen molar-refractivity contribution < 1.29 is 9.52 Å². The van der Waals surface area contributed by atoms with Gasteiger partial charge in [0.15, 0.2) is 5.58 Å². The Morgan fingerprint density at radius 3 is 2.78 bits per heavy atom. The highest BCUT2D eigenvalue weighted by atomic mass is 79.9. The SMILES string of the molecule is N#Cc1c(C[C@@H]2C=Cc3ccccc3[C@H]2O)c2cc(Br)cc(Br)c2oc1=O. The van der Waals surface area contributed by atoms with Crippen molar-refractivity contribution in [2.75, 3.05) is 0 Å². The molecular formula is C21H13Br2NO3. The number of fused-ring (bicyclic) bond motifs is 2. The maximum absolute atomic E-state index is 12.3. The number of hydrogen-bond acceptors (Lipinski definition) is 4. The van der Waals surface area contributed by atoms with Crippen molar-refractivity contribution >= 4 is 48.9 Å². The second-order valence-electron chi connectivity index (χ2n) is 6.42. The standard InChI is InChI=1S/C21H13Br2NO3/c22-13-8-16-15(17(10-24)21(26)27-20(16)18(23)9-13)7-12-6-5-11-3-1-2-4-14(11)19(12)25/h1-6,8-9,12,19,25H,7H2/t12-,19-/m0/s1. The molecule has 1 aromatic heterocycles. The lowest BCUT2D eigenvalue weighted by atomic mass is 9.82. The Hall–Kier alpha value is -2.20. The maximum Gasteiger partial charge on any atom is 0.354 e. The molecule has 1 aliphatic carbocycles. The van der Waals surface area contributed by atoms with Crippen LogP contribution >= 0.6 is 31.9 Å². The van der Waals surface area contributed by atoms with Crippen LogP contribution in [-0.2, 0) is 6.42 Å². The first-order valence-electron chi connectivity index (χ1n) is 8.29. The molecule has 3 aromatic rings. The highest BCUT2D eigenvalue weighted by Gasteiger charge is 2.27. The molecule has 0 aliphatic heterocycles. The van der Waals surface area contributed by atoms with E-state index in [9.17, 15) is 15.2 Å². The number of aliphatic hydroxyl groups excluding tert-OH is 1. The van der Waals surface area contributed by atoms with E-state index in [1.54, 1.807) is 6.07 Å². The number of hydrogen-bond donors (Lipinski definition) is 1. The van der Waals surface area contributed by atoms with Gasteiger partial charge in [-0.2, -0.15) is 5.26 Å². The van der Waals surface area contributed by atoms with Crippen LogP contribution in [0.3, 0.4) is 0 Å². The summed E-state index contributed by atoms with van der Waals surface area (Å²) in [4.78, 5) is 12.3. The maximum atomic E-state index is 12.3. The predicted octanol–water partition coefficient (Wildman–Crippen LogP) is 5.11. The van der Waals surface area contributed by atoms with Crippen LogP contribution in [0.2, 0.25) is 0 Å². The zero-order valence-electron chi connectivity index (χ0n) is 13.9. The first kappa shape index (κ1) is 18.2. The summed E-state index contributed by atoms with van der Waals surface area (Å²) in [6.45, 7) is 0. The van der Waals surface area contributed by atoms with Gasteiger partial charge < -0.3 is 9.52 Å². The summed E-state index contributed by atoms with van der Waals surface area (Å²) in [5.41, 5.74) is 2.11. The fourth-order valence-corrected chi connectivity index (χ4v) is 4.83. The summed E-state index contributed by atoms with van der Waals surface area (Å²) in [5.74, 6) is -0.255. The summed E-state index contributed by atoms with van der Waals surface area (Å²) in [6.07, 6.45) is 3.54. The van der Waals surface area contributed by atoms with Crippen LogP contribution < -0.4 is 5.63 Å². The van der Waals surface area contributed by atoms with Crippen LogP contribution in [0.5, 0.6) is 0 Å². The Morgan fingerprint density at radius 1 is 1.22 bits per heavy atom. The van der Waals surface area contributed by atoms with Gasteiger partial charge in [-0.3, -0.25) is 0 Å². The van der Waals surface area contributed by atoms with Crippen molar-refractivity contribution in [3.63, 3.8) is 0 Å². The van der Waals surface area contributed by atoms with Crippen LogP contribution in [0.1, 0.15) is 28.4 Å². The molecule has 27 heavy (non-hydrogen) atoms. The van der Waals surface area contributed by atoms with Gasteiger partial charge in [0, 0.05) is 15.8 Å². The summed E-state index contributed by atoms with van der Waals surface area (Å²) >= 11 is 6.86. The molecule has 2 aromatic carbocycles. The molecule has 0 fully saturated rings. The van der Waals surface area contributed by atoms with E-state index >= 15 is 0 Å². The highest BCUT2D eigenvalue weighted by Crippen LogP contribution is 2.37.